The average Bonchev–Trinajstić information content (AvgIpc) is 2.90. The first-order chi connectivity index (χ1) is 10.8. The largest absolute Gasteiger partial charge is 0.457 e. The fourth-order valence-corrected chi connectivity index (χ4v) is 2.19. The van der Waals surface area contributed by atoms with Gasteiger partial charge in [-0.25, -0.2) is 4.98 Å². The van der Waals surface area contributed by atoms with Gasteiger partial charge >= 0.3 is 0 Å². The van der Waals surface area contributed by atoms with Gasteiger partial charge in [-0.2, -0.15) is 0 Å². The summed E-state index contributed by atoms with van der Waals surface area (Å²) in [5.41, 5.74) is 2.43. The number of nitrogens with zero attached hydrogens (tertiary/aromatic N) is 3. The molecule has 3 rings (SSSR count). The van der Waals surface area contributed by atoms with Crippen molar-refractivity contribution in [1.29, 1.82) is 0 Å². The quantitative estimate of drug-likeness (QED) is 0.452. The van der Waals surface area contributed by atoms with Gasteiger partial charge in [-0.15, -0.1) is 0 Å². The lowest BCUT2D eigenvalue weighted by Gasteiger charge is -2.09. The van der Waals surface area contributed by atoms with Crippen LogP contribution in [0.15, 0.2) is 66.1 Å². The number of imidazole rings is 1. The van der Waals surface area contributed by atoms with E-state index >= 15 is 0 Å². The molecule has 110 valence electrons. The Kier molecular flexibility index (Phi) is 3.87. The van der Waals surface area contributed by atoms with E-state index in [0.29, 0.717) is 5.69 Å². The maximum atomic E-state index is 8.63. The molecule has 3 aromatic rings. The molecule has 5 heteroatoms. The van der Waals surface area contributed by atoms with Crippen molar-refractivity contribution in [2.45, 2.75) is 6.92 Å². The van der Waals surface area contributed by atoms with E-state index in [0.717, 1.165) is 22.9 Å². The Hall–Kier alpha value is -3.08. The third-order valence-electron chi connectivity index (χ3n) is 3.30. The topological polar surface area (TPSA) is 59.6 Å². The van der Waals surface area contributed by atoms with Crippen LogP contribution in [-0.4, -0.2) is 21.0 Å². The number of hydrogen-bond acceptors (Lipinski definition) is 4. The van der Waals surface area contributed by atoms with Gasteiger partial charge in [-0.05, 0) is 31.2 Å². The lowest BCUT2D eigenvalue weighted by Crippen LogP contribution is -1.97. The van der Waals surface area contributed by atoms with Crippen LogP contribution in [-0.2, 0) is 0 Å². The van der Waals surface area contributed by atoms with Gasteiger partial charge in [-0.1, -0.05) is 29.4 Å². The summed E-state index contributed by atoms with van der Waals surface area (Å²) in [4.78, 5) is 4.21. The zero-order valence-corrected chi connectivity index (χ0v) is 12.0. The molecule has 5 nitrogen and oxygen atoms in total. The first-order valence-corrected chi connectivity index (χ1v) is 6.82. The summed E-state index contributed by atoms with van der Waals surface area (Å²) in [5, 5.41) is 11.7. The fraction of sp³-hybridized carbons (Fsp3) is 0.0588. The van der Waals surface area contributed by atoms with Crippen LogP contribution in [0.5, 0.6) is 11.5 Å². The lowest BCUT2D eigenvalue weighted by atomic mass is 10.2. The van der Waals surface area contributed by atoms with Gasteiger partial charge < -0.3 is 14.5 Å². The minimum absolute atomic E-state index is 0.622. The standard InChI is InChI=1S/C17H15N3O2/c1-13-17(11-19-21)18-12-20(13)14-6-5-9-16(10-14)22-15-7-3-2-4-8-15/h2-12,21H,1H3/b19-11-. The normalized spacial score (nSPS) is 11.0. The number of rotatable bonds is 4. The molecule has 0 aliphatic heterocycles. The van der Waals surface area contributed by atoms with Gasteiger partial charge in [-0.3, -0.25) is 0 Å². The highest BCUT2D eigenvalue weighted by atomic mass is 16.5. The predicted molar refractivity (Wildman–Crippen MR) is 84.2 cm³/mol. The molecule has 0 fully saturated rings. The number of benzene rings is 2. The molecule has 0 amide bonds. The molecule has 1 N–H and O–H groups in total. The van der Waals surface area contributed by atoms with Crippen molar-refractivity contribution in [2.24, 2.45) is 5.16 Å². The van der Waals surface area contributed by atoms with Gasteiger partial charge in [0.25, 0.3) is 0 Å². The predicted octanol–water partition coefficient (Wildman–Crippen LogP) is 3.78. The minimum atomic E-state index is 0.622. The first-order valence-electron chi connectivity index (χ1n) is 6.82. The van der Waals surface area contributed by atoms with E-state index in [2.05, 4.69) is 10.1 Å². The Labute approximate surface area is 128 Å². The van der Waals surface area contributed by atoms with Crippen molar-refractivity contribution in [3.8, 4) is 17.2 Å². The molecule has 0 aliphatic carbocycles. The van der Waals surface area contributed by atoms with E-state index in [1.54, 1.807) is 6.33 Å². The molecule has 0 bridgehead atoms. The number of ether oxygens (including phenoxy) is 1. The van der Waals surface area contributed by atoms with Crippen molar-refractivity contribution in [3.63, 3.8) is 0 Å². The second-order valence-electron chi connectivity index (χ2n) is 4.74. The smallest absolute Gasteiger partial charge is 0.129 e. The molecule has 2 aromatic carbocycles. The van der Waals surface area contributed by atoms with Crippen LogP contribution in [0, 0.1) is 6.92 Å². The van der Waals surface area contributed by atoms with Crippen LogP contribution < -0.4 is 4.74 Å². The molecule has 0 aliphatic rings. The van der Waals surface area contributed by atoms with E-state index in [1.165, 1.54) is 6.21 Å². The van der Waals surface area contributed by atoms with E-state index in [1.807, 2.05) is 66.1 Å². The van der Waals surface area contributed by atoms with Gasteiger partial charge in [0.15, 0.2) is 0 Å². The van der Waals surface area contributed by atoms with Crippen molar-refractivity contribution in [2.75, 3.05) is 0 Å². The van der Waals surface area contributed by atoms with Crippen LogP contribution >= 0.6 is 0 Å². The van der Waals surface area contributed by atoms with E-state index < -0.39 is 0 Å². The Bertz CT molecular complexity index is 795. The fourth-order valence-electron chi connectivity index (χ4n) is 2.19. The van der Waals surface area contributed by atoms with Gasteiger partial charge in [0, 0.05) is 11.8 Å². The van der Waals surface area contributed by atoms with Gasteiger partial charge in [0.2, 0.25) is 0 Å². The number of oxime groups is 1. The highest BCUT2D eigenvalue weighted by Crippen LogP contribution is 2.24. The molecular formula is C17H15N3O2. The molecule has 0 saturated heterocycles. The third-order valence-corrected chi connectivity index (χ3v) is 3.30. The van der Waals surface area contributed by atoms with Crippen LogP contribution in [0.1, 0.15) is 11.4 Å². The summed E-state index contributed by atoms with van der Waals surface area (Å²) >= 11 is 0. The van der Waals surface area contributed by atoms with E-state index in [9.17, 15) is 0 Å². The summed E-state index contributed by atoms with van der Waals surface area (Å²) in [7, 11) is 0. The van der Waals surface area contributed by atoms with Crippen molar-refractivity contribution in [1.82, 2.24) is 9.55 Å². The zero-order chi connectivity index (χ0) is 15.4. The summed E-state index contributed by atoms with van der Waals surface area (Å²) in [5.74, 6) is 1.53. The molecular weight excluding hydrogens is 278 g/mol. The monoisotopic (exact) mass is 293 g/mol. The number of aromatic nitrogens is 2. The molecule has 22 heavy (non-hydrogen) atoms. The Morgan fingerprint density at radius 1 is 1.09 bits per heavy atom. The van der Waals surface area contributed by atoms with Gasteiger partial charge in [0.05, 0.1) is 11.9 Å². The highest BCUT2D eigenvalue weighted by molar-refractivity contribution is 5.78. The third kappa shape index (κ3) is 2.83. The molecule has 1 aromatic heterocycles. The van der Waals surface area contributed by atoms with Gasteiger partial charge in [0.1, 0.15) is 23.5 Å². The Morgan fingerprint density at radius 3 is 2.64 bits per heavy atom. The molecule has 0 unspecified atom stereocenters. The lowest BCUT2D eigenvalue weighted by molar-refractivity contribution is 0.321. The second-order valence-corrected chi connectivity index (χ2v) is 4.74. The number of para-hydroxylation sites is 1. The summed E-state index contributed by atoms with van der Waals surface area (Å²) in [6, 6.07) is 17.3. The Morgan fingerprint density at radius 2 is 1.86 bits per heavy atom. The van der Waals surface area contributed by atoms with Crippen molar-refractivity contribution in [3.05, 3.63) is 72.3 Å². The van der Waals surface area contributed by atoms with Crippen LogP contribution in [0.3, 0.4) is 0 Å². The molecule has 0 radical (unpaired) electrons. The molecule has 0 atom stereocenters. The first kappa shape index (κ1) is 13.9. The van der Waals surface area contributed by atoms with Crippen LogP contribution in [0.4, 0.5) is 0 Å². The average molecular weight is 293 g/mol. The van der Waals surface area contributed by atoms with E-state index in [4.69, 9.17) is 9.94 Å². The minimum Gasteiger partial charge on any atom is -0.457 e. The Balaban J connectivity index is 1.91. The summed E-state index contributed by atoms with van der Waals surface area (Å²) in [6.07, 6.45) is 3.00. The zero-order valence-electron chi connectivity index (χ0n) is 12.0. The molecule has 1 heterocycles. The van der Waals surface area contributed by atoms with E-state index in [-0.39, 0.29) is 0 Å². The van der Waals surface area contributed by atoms with Crippen LogP contribution in [0.25, 0.3) is 5.69 Å². The van der Waals surface area contributed by atoms with Crippen molar-refractivity contribution >= 4 is 6.21 Å². The van der Waals surface area contributed by atoms with Crippen molar-refractivity contribution < 1.29 is 9.94 Å². The molecule has 0 saturated carbocycles. The maximum Gasteiger partial charge on any atom is 0.129 e. The highest BCUT2D eigenvalue weighted by Gasteiger charge is 2.07. The second kappa shape index (κ2) is 6.13. The molecule has 0 spiro atoms. The summed E-state index contributed by atoms with van der Waals surface area (Å²) in [6.45, 7) is 1.91. The maximum absolute atomic E-state index is 8.63. The van der Waals surface area contributed by atoms with Crippen LogP contribution in [0.2, 0.25) is 0 Å². The summed E-state index contributed by atoms with van der Waals surface area (Å²) < 4.78 is 7.75. The SMILES string of the molecule is Cc1c(/C=N\O)ncn1-c1cccc(Oc2ccccc2)c1. The number of hydrogen-bond donors (Lipinski definition) is 1.